The third kappa shape index (κ3) is 4.26. The van der Waals surface area contributed by atoms with E-state index in [9.17, 15) is 4.39 Å². The average molecular weight is 269 g/mol. The minimum absolute atomic E-state index is 0.137. The maximum absolute atomic E-state index is 13.4. The van der Waals surface area contributed by atoms with Gasteiger partial charge in [-0.1, -0.05) is 12.1 Å². The summed E-state index contributed by atoms with van der Waals surface area (Å²) in [7, 11) is 0. The minimum Gasteiger partial charge on any atom is -0.381 e. The first-order valence-corrected chi connectivity index (χ1v) is 7.45. The van der Waals surface area contributed by atoms with Crippen molar-refractivity contribution in [1.82, 2.24) is 0 Å². The summed E-state index contributed by atoms with van der Waals surface area (Å²) in [5.74, 6) is 1.30. The molecule has 0 aromatic heterocycles. The molecule has 0 bridgehead atoms. The number of nitrogens with two attached hydrogens (primary N) is 1. The molecule has 1 saturated heterocycles. The van der Waals surface area contributed by atoms with Gasteiger partial charge >= 0.3 is 0 Å². The van der Waals surface area contributed by atoms with Crippen molar-refractivity contribution in [2.45, 2.75) is 30.2 Å². The Kier molecular flexibility index (Phi) is 5.47. The van der Waals surface area contributed by atoms with Crippen LogP contribution in [0.25, 0.3) is 0 Å². The van der Waals surface area contributed by atoms with E-state index in [4.69, 9.17) is 10.5 Å². The van der Waals surface area contributed by atoms with Crippen LogP contribution in [-0.4, -0.2) is 25.0 Å². The van der Waals surface area contributed by atoms with Crippen LogP contribution in [-0.2, 0) is 4.74 Å². The van der Waals surface area contributed by atoms with Crippen molar-refractivity contribution in [3.63, 3.8) is 0 Å². The smallest absolute Gasteiger partial charge is 0.136 e. The predicted octanol–water partition coefficient (Wildman–Crippen LogP) is 3.06. The summed E-state index contributed by atoms with van der Waals surface area (Å²) in [4.78, 5) is 0.694. The van der Waals surface area contributed by atoms with Crippen LogP contribution < -0.4 is 5.73 Å². The van der Waals surface area contributed by atoms with E-state index in [0.29, 0.717) is 10.8 Å². The van der Waals surface area contributed by atoms with Gasteiger partial charge < -0.3 is 10.5 Å². The second kappa shape index (κ2) is 7.12. The molecule has 1 unspecified atom stereocenters. The third-order valence-electron chi connectivity index (χ3n) is 3.27. The van der Waals surface area contributed by atoms with E-state index in [0.717, 1.165) is 38.2 Å². The fourth-order valence-corrected chi connectivity index (χ4v) is 3.15. The monoisotopic (exact) mass is 269 g/mol. The maximum atomic E-state index is 13.4. The zero-order valence-electron chi connectivity index (χ0n) is 10.5. The molecule has 100 valence electrons. The predicted molar refractivity (Wildman–Crippen MR) is 73.3 cm³/mol. The van der Waals surface area contributed by atoms with Gasteiger partial charge in [0.15, 0.2) is 0 Å². The van der Waals surface area contributed by atoms with Gasteiger partial charge in [-0.3, -0.25) is 0 Å². The second-order valence-corrected chi connectivity index (χ2v) is 5.85. The first kappa shape index (κ1) is 13.8. The van der Waals surface area contributed by atoms with Crippen molar-refractivity contribution in [3.8, 4) is 0 Å². The lowest BCUT2D eigenvalue weighted by Crippen LogP contribution is -2.28. The quantitative estimate of drug-likeness (QED) is 0.834. The molecule has 2 rings (SSSR count). The summed E-state index contributed by atoms with van der Waals surface area (Å²) in [5, 5.41) is 0. The Bertz CT molecular complexity index is 369. The number of hydrogen-bond acceptors (Lipinski definition) is 3. The number of hydrogen-bond donors (Lipinski definition) is 1. The zero-order valence-corrected chi connectivity index (χ0v) is 11.3. The number of halogens is 1. The number of ether oxygens (including phenoxy) is 1. The molecule has 1 atom stereocenters. The van der Waals surface area contributed by atoms with Crippen LogP contribution in [0.15, 0.2) is 29.2 Å². The van der Waals surface area contributed by atoms with E-state index in [2.05, 4.69) is 0 Å². The molecular formula is C14H20FNOS. The minimum atomic E-state index is -0.152. The Morgan fingerprint density at radius 2 is 2.06 bits per heavy atom. The third-order valence-corrected chi connectivity index (χ3v) is 4.50. The normalized spacial score (nSPS) is 18.8. The van der Waals surface area contributed by atoms with Crippen LogP contribution >= 0.6 is 11.8 Å². The topological polar surface area (TPSA) is 35.2 Å². The standard InChI is InChI=1S/C14H20FNOS/c15-13-3-1-2-4-14(13)18-10-12(16)9-11-5-7-17-8-6-11/h1-4,11-12H,5-10,16H2. The van der Waals surface area contributed by atoms with Crippen molar-refractivity contribution in [1.29, 1.82) is 0 Å². The summed E-state index contributed by atoms with van der Waals surface area (Å²) in [6, 6.07) is 7.00. The second-order valence-electron chi connectivity index (χ2n) is 4.79. The van der Waals surface area contributed by atoms with Crippen LogP contribution in [0.2, 0.25) is 0 Å². The van der Waals surface area contributed by atoms with Crippen molar-refractivity contribution in [2.75, 3.05) is 19.0 Å². The molecule has 1 aromatic rings. The lowest BCUT2D eigenvalue weighted by molar-refractivity contribution is 0.0625. The van der Waals surface area contributed by atoms with Crippen LogP contribution in [0.5, 0.6) is 0 Å². The van der Waals surface area contributed by atoms with Gasteiger partial charge in [0.25, 0.3) is 0 Å². The van der Waals surface area contributed by atoms with Gasteiger partial charge in [-0.25, -0.2) is 4.39 Å². The van der Waals surface area contributed by atoms with Gasteiger partial charge in [0.1, 0.15) is 5.82 Å². The van der Waals surface area contributed by atoms with Gasteiger partial charge in [-0.05, 0) is 37.3 Å². The molecule has 4 heteroatoms. The van der Waals surface area contributed by atoms with Gasteiger partial charge in [0, 0.05) is 29.9 Å². The molecule has 1 aromatic carbocycles. The van der Waals surface area contributed by atoms with Gasteiger partial charge in [-0.2, -0.15) is 0 Å². The molecule has 18 heavy (non-hydrogen) atoms. The van der Waals surface area contributed by atoms with E-state index >= 15 is 0 Å². The molecule has 0 aliphatic carbocycles. The summed E-state index contributed by atoms with van der Waals surface area (Å²) < 4.78 is 18.8. The Morgan fingerprint density at radius 3 is 2.78 bits per heavy atom. The van der Waals surface area contributed by atoms with E-state index in [-0.39, 0.29) is 11.9 Å². The first-order valence-electron chi connectivity index (χ1n) is 6.46. The Balaban J connectivity index is 1.74. The SMILES string of the molecule is NC(CSc1ccccc1F)CC1CCOCC1. The van der Waals surface area contributed by atoms with Crippen LogP contribution in [0, 0.1) is 11.7 Å². The highest BCUT2D eigenvalue weighted by molar-refractivity contribution is 7.99. The molecule has 1 aliphatic rings. The molecular weight excluding hydrogens is 249 g/mol. The lowest BCUT2D eigenvalue weighted by Gasteiger charge is -2.24. The van der Waals surface area contributed by atoms with E-state index < -0.39 is 0 Å². The van der Waals surface area contributed by atoms with E-state index in [1.807, 2.05) is 6.07 Å². The fourth-order valence-electron chi connectivity index (χ4n) is 2.24. The lowest BCUT2D eigenvalue weighted by atomic mass is 9.93. The Morgan fingerprint density at radius 1 is 1.33 bits per heavy atom. The largest absolute Gasteiger partial charge is 0.381 e. The molecule has 2 N–H and O–H groups in total. The number of benzene rings is 1. The van der Waals surface area contributed by atoms with Crippen LogP contribution in [0.1, 0.15) is 19.3 Å². The molecule has 0 saturated carbocycles. The summed E-state index contributed by atoms with van der Waals surface area (Å²) in [6.07, 6.45) is 3.24. The molecule has 0 spiro atoms. The molecule has 1 heterocycles. The highest BCUT2D eigenvalue weighted by atomic mass is 32.2. The number of rotatable bonds is 5. The Hall–Kier alpha value is -0.580. The van der Waals surface area contributed by atoms with E-state index in [1.54, 1.807) is 12.1 Å². The highest BCUT2D eigenvalue weighted by Crippen LogP contribution is 2.25. The molecule has 2 nitrogen and oxygen atoms in total. The van der Waals surface area contributed by atoms with Crippen molar-refractivity contribution in [2.24, 2.45) is 11.7 Å². The fraction of sp³-hybridized carbons (Fsp3) is 0.571. The summed E-state index contributed by atoms with van der Waals surface area (Å²) >= 11 is 1.51. The summed E-state index contributed by atoms with van der Waals surface area (Å²) in [5.41, 5.74) is 6.12. The van der Waals surface area contributed by atoms with Gasteiger partial charge in [0.05, 0.1) is 0 Å². The van der Waals surface area contributed by atoms with Crippen molar-refractivity contribution in [3.05, 3.63) is 30.1 Å². The van der Waals surface area contributed by atoms with Crippen molar-refractivity contribution >= 4 is 11.8 Å². The van der Waals surface area contributed by atoms with Crippen LogP contribution in [0.4, 0.5) is 4.39 Å². The highest BCUT2D eigenvalue weighted by Gasteiger charge is 2.17. The maximum Gasteiger partial charge on any atom is 0.136 e. The summed E-state index contributed by atoms with van der Waals surface area (Å²) in [6.45, 7) is 1.72. The van der Waals surface area contributed by atoms with Gasteiger partial charge in [0.2, 0.25) is 0 Å². The number of thioether (sulfide) groups is 1. The average Bonchev–Trinajstić information content (AvgIpc) is 2.39. The van der Waals surface area contributed by atoms with E-state index in [1.165, 1.54) is 17.8 Å². The Labute approximate surface area is 112 Å². The first-order chi connectivity index (χ1) is 8.75. The van der Waals surface area contributed by atoms with Crippen LogP contribution in [0.3, 0.4) is 0 Å². The molecule has 0 amide bonds. The molecule has 1 aliphatic heterocycles. The molecule has 0 radical (unpaired) electrons. The zero-order chi connectivity index (χ0) is 12.8. The molecule has 1 fully saturated rings. The van der Waals surface area contributed by atoms with Crippen molar-refractivity contribution < 1.29 is 9.13 Å². The van der Waals surface area contributed by atoms with Gasteiger partial charge in [-0.15, -0.1) is 11.8 Å².